The van der Waals surface area contributed by atoms with Crippen LogP contribution in [0.15, 0.2) is 36.4 Å². The van der Waals surface area contributed by atoms with E-state index in [9.17, 15) is 18.3 Å². The summed E-state index contributed by atoms with van der Waals surface area (Å²) in [6.45, 7) is 1.50. The molecule has 0 aliphatic heterocycles. The number of halogens is 3. The number of ether oxygens (including phenoxy) is 1. The quantitative estimate of drug-likeness (QED) is 0.913. The van der Waals surface area contributed by atoms with Gasteiger partial charge in [0.25, 0.3) is 0 Å². The Morgan fingerprint density at radius 3 is 2.26 bits per heavy atom. The standard InChI is InChI=1S/C14H11F3O2/c1-8(18)9-2-5-14(13(17)6-9)19-10-3-4-11(15)12(16)7-10/h2-8,18H,1H3/t8-/m1/s1. The highest BCUT2D eigenvalue weighted by atomic mass is 19.2. The summed E-state index contributed by atoms with van der Waals surface area (Å²) in [7, 11) is 0. The number of benzene rings is 2. The van der Waals surface area contributed by atoms with Crippen molar-refractivity contribution in [2.24, 2.45) is 0 Å². The fraction of sp³-hybridized carbons (Fsp3) is 0.143. The van der Waals surface area contributed by atoms with E-state index in [0.29, 0.717) is 5.56 Å². The van der Waals surface area contributed by atoms with Gasteiger partial charge in [-0.05, 0) is 36.8 Å². The molecular formula is C14H11F3O2. The Hall–Kier alpha value is -2.01. The molecule has 0 heterocycles. The van der Waals surface area contributed by atoms with E-state index < -0.39 is 23.6 Å². The Kier molecular flexibility index (Phi) is 3.76. The lowest BCUT2D eigenvalue weighted by Crippen LogP contribution is -1.95. The van der Waals surface area contributed by atoms with Crippen LogP contribution in [0.25, 0.3) is 0 Å². The van der Waals surface area contributed by atoms with Gasteiger partial charge >= 0.3 is 0 Å². The van der Waals surface area contributed by atoms with Crippen LogP contribution in [-0.2, 0) is 0 Å². The van der Waals surface area contributed by atoms with Crippen molar-refractivity contribution in [1.29, 1.82) is 0 Å². The molecule has 2 nitrogen and oxygen atoms in total. The minimum Gasteiger partial charge on any atom is -0.454 e. The molecule has 0 spiro atoms. The van der Waals surface area contributed by atoms with Gasteiger partial charge in [-0.3, -0.25) is 0 Å². The maximum atomic E-state index is 13.7. The first kappa shape index (κ1) is 13.4. The molecule has 5 heteroatoms. The summed E-state index contributed by atoms with van der Waals surface area (Å²) in [5, 5.41) is 9.30. The number of aliphatic hydroxyl groups excluding tert-OH is 1. The molecule has 2 aromatic rings. The molecule has 1 atom stereocenters. The van der Waals surface area contributed by atoms with E-state index in [0.717, 1.165) is 18.2 Å². The van der Waals surface area contributed by atoms with Gasteiger partial charge in [-0.15, -0.1) is 0 Å². The van der Waals surface area contributed by atoms with E-state index in [4.69, 9.17) is 4.74 Å². The Bertz CT molecular complexity index is 597. The molecular weight excluding hydrogens is 257 g/mol. The third-order valence-corrected chi connectivity index (χ3v) is 2.56. The zero-order valence-corrected chi connectivity index (χ0v) is 10.0. The molecule has 19 heavy (non-hydrogen) atoms. The second-order valence-corrected chi connectivity index (χ2v) is 4.04. The minimum absolute atomic E-state index is 0.0115. The largest absolute Gasteiger partial charge is 0.454 e. The summed E-state index contributed by atoms with van der Waals surface area (Å²) in [6, 6.07) is 6.85. The van der Waals surface area contributed by atoms with Gasteiger partial charge in [-0.2, -0.15) is 0 Å². The zero-order chi connectivity index (χ0) is 14.0. The molecule has 0 aromatic heterocycles. The number of rotatable bonds is 3. The second kappa shape index (κ2) is 5.32. The lowest BCUT2D eigenvalue weighted by molar-refractivity contribution is 0.198. The molecule has 1 N–H and O–H groups in total. The summed E-state index contributed by atoms with van der Waals surface area (Å²) in [5.74, 6) is -2.91. The lowest BCUT2D eigenvalue weighted by Gasteiger charge is -2.10. The smallest absolute Gasteiger partial charge is 0.166 e. The first-order chi connectivity index (χ1) is 8.97. The van der Waals surface area contributed by atoms with Gasteiger partial charge < -0.3 is 9.84 Å². The van der Waals surface area contributed by atoms with Crippen LogP contribution in [0.3, 0.4) is 0 Å². The molecule has 0 saturated heterocycles. The van der Waals surface area contributed by atoms with Crippen LogP contribution in [0.5, 0.6) is 11.5 Å². The average Bonchev–Trinajstić information content (AvgIpc) is 2.36. The summed E-state index contributed by atoms with van der Waals surface area (Å²) in [4.78, 5) is 0. The summed E-state index contributed by atoms with van der Waals surface area (Å²) in [6.07, 6.45) is -0.799. The van der Waals surface area contributed by atoms with Gasteiger partial charge in [0.15, 0.2) is 23.2 Å². The molecule has 100 valence electrons. The highest BCUT2D eigenvalue weighted by Crippen LogP contribution is 2.27. The van der Waals surface area contributed by atoms with Gasteiger partial charge in [0.05, 0.1) is 6.10 Å². The molecule has 0 amide bonds. The van der Waals surface area contributed by atoms with Crippen LogP contribution in [0.2, 0.25) is 0 Å². The Balaban J connectivity index is 2.25. The third kappa shape index (κ3) is 3.06. The lowest BCUT2D eigenvalue weighted by atomic mass is 10.1. The predicted octanol–water partition coefficient (Wildman–Crippen LogP) is 3.95. The number of hydrogen-bond acceptors (Lipinski definition) is 2. The molecule has 2 aromatic carbocycles. The SMILES string of the molecule is C[C@@H](O)c1ccc(Oc2ccc(F)c(F)c2)c(F)c1. The van der Waals surface area contributed by atoms with Crippen LogP contribution in [0.4, 0.5) is 13.2 Å². The van der Waals surface area contributed by atoms with Gasteiger partial charge in [0.1, 0.15) is 5.75 Å². The van der Waals surface area contributed by atoms with E-state index >= 15 is 0 Å². The highest BCUT2D eigenvalue weighted by Gasteiger charge is 2.10. The monoisotopic (exact) mass is 268 g/mol. The van der Waals surface area contributed by atoms with Crippen LogP contribution in [0.1, 0.15) is 18.6 Å². The van der Waals surface area contributed by atoms with Gasteiger partial charge in [0.2, 0.25) is 0 Å². The maximum absolute atomic E-state index is 13.7. The summed E-state index contributed by atoms with van der Waals surface area (Å²) < 4.78 is 44.5. The fourth-order valence-electron chi connectivity index (χ4n) is 1.53. The highest BCUT2D eigenvalue weighted by molar-refractivity contribution is 5.35. The van der Waals surface area contributed by atoms with E-state index in [1.54, 1.807) is 0 Å². The van der Waals surface area contributed by atoms with Crippen LogP contribution in [-0.4, -0.2) is 5.11 Å². The number of hydrogen-bond donors (Lipinski definition) is 1. The van der Waals surface area contributed by atoms with Crippen molar-refractivity contribution in [2.45, 2.75) is 13.0 Å². The second-order valence-electron chi connectivity index (χ2n) is 4.04. The average molecular weight is 268 g/mol. The van der Waals surface area contributed by atoms with Crippen molar-refractivity contribution < 1.29 is 23.0 Å². The van der Waals surface area contributed by atoms with E-state index in [-0.39, 0.29) is 11.5 Å². The van der Waals surface area contributed by atoms with Crippen molar-refractivity contribution in [3.63, 3.8) is 0 Å². The Morgan fingerprint density at radius 1 is 0.947 bits per heavy atom. The topological polar surface area (TPSA) is 29.5 Å². The maximum Gasteiger partial charge on any atom is 0.166 e. The Morgan fingerprint density at radius 2 is 1.68 bits per heavy atom. The van der Waals surface area contributed by atoms with Crippen molar-refractivity contribution >= 4 is 0 Å². The first-order valence-corrected chi connectivity index (χ1v) is 5.58. The van der Waals surface area contributed by atoms with Crippen LogP contribution >= 0.6 is 0 Å². The molecule has 0 aliphatic rings. The Labute approximate surface area is 108 Å². The van der Waals surface area contributed by atoms with Gasteiger partial charge in [-0.25, -0.2) is 13.2 Å². The minimum atomic E-state index is -1.07. The molecule has 0 radical (unpaired) electrons. The van der Waals surface area contributed by atoms with Crippen molar-refractivity contribution in [1.82, 2.24) is 0 Å². The summed E-state index contributed by atoms with van der Waals surface area (Å²) in [5.41, 5.74) is 0.398. The first-order valence-electron chi connectivity index (χ1n) is 5.58. The fourth-order valence-corrected chi connectivity index (χ4v) is 1.53. The molecule has 0 unspecified atom stereocenters. The normalized spacial score (nSPS) is 12.3. The predicted molar refractivity (Wildman–Crippen MR) is 63.5 cm³/mol. The van der Waals surface area contributed by atoms with Crippen molar-refractivity contribution in [3.05, 3.63) is 59.4 Å². The van der Waals surface area contributed by atoms with Crippen LogP contribution in [0, 0.1) is 17.5 Å². The molecule has 2 rings (SSSR count). The third-order valence-electron chi connectivity index (χ3n) is 2.56. The van der Waals surface area contributed by atoms with Crippen molar-refractivity contribution in [3.8, 4) is 11.5 Å². The van der Waals surface area contributed by atoms with Crippen molar-refractivity contribution in [2.75, 3.05) is 0 Å². The van der Waals surface area contributed by atoms with E-state index in [1.165, 1.54) is 25.1 Å². The van der Waals surface area contributed by atoms with E-state index in [2.05, 4.69) is 0 Å². The molecule has 0 aliphatic carbocycles. The van der Waals surface area contributed by atoms with Gasteiger partial charge in [0, 0.05) is 6.07 Å². The summed E-state index contributed by atoms with van der Waals surface area (Å²) >= 11 is 0. The molecule has 0 saturated carbocycles. The van der Waals surface area contributed by atoms with Gasteiger partial charge in [-0.1, -0.05) is 6.07 Å². The van der Waals surface area contributed by atoms with E-state index in [1.807, 2.05) is 0 Å². The zero-order valence-electron chi connectivity index (χ0n) is 10.0. The molecule has 0 bridgehead atoms. The van der Waals surface area contributed by atoms with Crippen LogP contribution < -0.4 is 4.74 Å². The molecule has 0 fully saturated rings. The number of aliphatic hydroxyl groups is 1.